The van der Waals surface area contributed by atoms with Crippen LogP contribution in [0.4, 0.5) is 0 Å². The van der Waals surface area contributed by atoms with E-state index in [-0.39, 0.29) is 5.97 Å². The zero-order valence-electron chi connectivity index (χ0n) is 13.4. The number of ether oxygens (including phenoxy) is 2. The summed E-state index contributed by atoms with van der Waals surface area (Å²) in [6.07, 6.45) is 10.4. The lowest BCUT2D eigenvalue weighted by Gasteiger charge is -2.07. The molecule has 3 heteroatoms. The number of unbranched alkanes of at least 4 members (excludes halogenated alkanes) is 7. The van der Waals surface area contributed by atoms with E-state index in [9.17, 15) is 4.79 Å². The lowest BCUT2D eigenvalue weighted by atomic mass is 10.1. The molecule has 0 radical (unpaired) electrons. The fourth-order valence-corrected chi connectivity index (χ4v) is 2.23. The van der Waals surface area contributed by atoms with Crippen molar-refractivity contribution in [2.45, 2.75) is 58.3 Å². The maximum Gasteiger partial charge on any atom is 0.337 e. The number of hydrogen-bond acceptors (Lipinski definition) is 3. The Bertz CT molecular complexity index is 384. The number of esters is 1. The van der Waals surface area contributed by atoms with Crippen molar-refractivity contribution in [1.29, 1.82) is 0 Å². The Morgan fingerprint density at radius 1 is 0.905 bits per heavy atom. The van der Waals surface area contributed by atoms with Crippen molar-refractivity contribution in [2.24, 2.45) is 0 Å². The van der Waals surface area contributed by atoms with E-state index >= 15 is 0 Å². The fraction of sp³-hybridized carbons (Fsp3) is 0.611. The number of hydrogen-bond donors (Lipinski definition) is 0. The number of carbonyl (C=O) groups is 1. The molecule has 0 unspecified atom stereocenters. The molecule has 0 aliphatic heterocycles. The van der Waals surface area contributed by atoms with E-state index in [1.807, 2.05) is 12.1 Å². The first kappa shape index (κ1) is 17.5. The lowest BCUT2D eigenvalue weighted by molar-refractivity contribution is 0.0600. The Hall–Kier alpha value is -1.51. The molecule has 1 aromatic rings. The zero-order chi connectivity index (χ0) is 15.3. The first-order chi connectivity index (χ1) is 10.3. The standard InChI is InChI=1S/C18H28O3/c1-3-4-5-6-7-8-9-10-15-21-17-13-11-16(12-14-17)18(19)20-2/h11-14H,3-10,15H2,1-2H3. The van der Waals surface area contributed by atoms with E-state index in [1.165, 1.54) is 52.1 Å². The molecule has 1 rings (SSSR count). The Labute approximate surface area is 128 Å². The first-order valence-corrected chi connectivity index (χ1v) is 8.09. The van der Waals surface area contributed by atoms with Crippen LogP contribution in [0, 0.1) is 0 Å². The summed E-state index contributed by atoms with van der Waals surface area (Å²) >= 11 is 0. The normalized spacial score (nSPS) is 10.4. The minimum absolute atomic E-state index is 0.315. The summed E-state index contributed by atoms with van der Waals surface area (Å²) in [7, 11) is 1.38. The molecule has 0 heterocycles. The van der Waals surface area contributed by atoms with Crippen LogP contribution in [0.25, 0.3) is 0 Å². The maximum atomic E-state index is 11.3. The van der Waals surface area contributed by atoms with Gasteiger partial charge in [0.25, 0.3) is 0 Å². The van der Waals surface area contributed by atoms with Gasteiger partial charge in [0, 0.05) is 0 Å². The predicted octanol–water partition coefficient (Wildman–Crippen LogP) is 4.99. The third-order valence-corrected chi connectivity index (χ3v) is 3.54. The number of methoxy groups -OCH3 is 1. The van der Waals surface area contributed by atoms with Crippen LogP contribution >= 0.6 is 0 Å². The molecule has 21 heavy (non-hydrogen) atoms. The molecule has 118 valence electrons. The second kappa shape index (κ2) is 11.2. The van der Waals surface area contributed by atoms with Gasteiger partial charge >= 0.3 is 5.97 Å². The molecular formula is C18H28O3. The van der Waals surface area contributed by atoms with Crippen molar-refractivity contribution in [1.82, 2.24) is 0 Å². The van der Waals surface area contributed by atoms with Gasteiger partial charge in [0.15, 0.2) is 0 Å². The van der Waals surface area contributed by atoms with Crippen LogP contribution in [-0.4, -0.2) is 19.7 Å². The van der Waals surface area contributed by atoms with Gasteiger partial charge in [-0.25, -0.2) is 4.79 Å². The van der Waals surface area contributed by atoms with Crippen molar-refractivity contribution in [3.05, 3.63) is 29.8 Å². The summed E-state index contributed by atoms with van der Waals surface area (Å²) in [5.74, 6) is 0.496. The number of benzene rings is 1. The number of rotatable bonds is 11. The number of carbonyl (C=O) groups excluding carboxylic acids is 1. The van der Waals surface area contributed by atoms with Crippen LogP contribution in [-0.2, 0) is 4.74 Å². The smallest absolute Gasteiger partial charge is 0.337 e. The molecule has 0 aliphatic rings. The summed E-state index contributed by atoms with van der Waals surface area (Å²) in [6, 6.07) is 7.10. The SMILES string of the molecule is CCCCCCCCCCOc1ccc(C(=O)OC)cc1. The average Bonchev–Trinajstić information content (AvgIpc) is 2.53. The molecule has 0 N–H and O–H groups in total. The molecule has 0 fully saturated rings. The van der Waals surface area contributed by atoms with Gasteiger partial charge < -0.3 is 9.47 Å². The second-order valence-electron chi connectivity index (χ2n) is 5.34. The van der Waals surface area contributed by atoms with E-state index in [0.717, 1.165) is 18.8 Å². The van der Waals surface area contributed by atoms with Crippen molar-refractivity contribution in [2.75, 3.05) is 13.7 Å². The van der Waals surface area contributed by atoms with E-state index in [1.54, 1.807) is 12.1 Å². The van der Waals surface area contributed by atoms with E-state index in [2.05, 4.69) is 11.7 Å². The van der Waals surface area contributed by atoms with Gasteiger partial charge in [-0.05, 0) is 30.7 Å². The third kappa shape index (κ3) is 7.74. The maximum absolute atomic E-state index is 11.3. The van der Waals surface area contributed by atoms with Crippen molar-refractivity contribution in [3.8, 4) is 5.75 Å². The van der Waals surface area contributed by atoms with Gasteiger partial charge in [-0.1, -0.05) is 51.9 Å². The highest BCUT2D eigenvalue weighted by atomic mass is 16.5. The van der Waals surface area contributed by atoms with Crippen LogP contribution in [0.5, 0.6) is 5.75 Å². The molecule has 0 aromatic heterocycles. The Morgan fingerprint density at radius 2 is 1.48 bits per heavy atom. The molecule has 0 bridgehead atoms. The Morgan fingerprint density at radius 3 is 2.05 bits per heavy atom. The molecule has 1 aromatic carbocycles. The van der Waals surface area contributed by atoms with Gasteiger partial charge in [0.1, 0.15) is 5.75 Å². The summed E-state index contributed by atoms with van der Waals surface area (Å²) in [5, 5.41) is 0. The third-order valence-electron chi connectivity index (χ3n) is 3.54. The van der Waals surface area contributed by atoms with Crippen molar-refractivity contribution < 1.29 is 14.3 Å². The zero-order valence-corrected chi connectivity index (χ0v) is 13.4. The fourth-order valence-electron chi connectivity index (χ4n) is 2.23. The highest BCUT2D eigenvalue weighted by Gasteiger charge is 2.04. The Kier molecular flexibility index (Phi) is 9.34. The van der Waals surface area contributed by atoms with Gasteiger partial charge in [-0.15, -0.1) is 0 Å². The van der Waals surface area contributed by atoms with Crippen LogP contribution in [0.1, 0.15) is 68.6 Å². The monoisotopic (exact) mass is 292 g/mol. The summed E-state index contributed by atoms with van der Waals surface area (Å²) in [4.78, 5) is 11.3. The van der Waals surface area contributed by atoms with Gasteiger partial charge in [0.2, 0.25) is 0 Å². The minimum atomic E-state index is -0.315. The highest BCUT2D eigenvalue weighted by molar-refractivity contribution is 5.89. The molecule has 0 atom stereocenters. The largest absolute Gasteiger partial charge is 0.494 e. The topological polar surface area (TPSA) is 35.5 Å². The molecular weight excluding hydrogens is 264 g/mol. The van der Waals surface area contributed by atoms with Crippen molar-refractivity contribution >= 4 is 5.97 Å². The van der Waals surface area contributed by atoms with Crippen LogP contribution in [0.2, 0.25) is 0 Å². The molecule has 0 aliphatic carbocycles. The quantitative estimate of drug-likeness (QED) is 0.425. The van der Waals surface area contributed by atoms with Crippen molar-refractivity contribution in [3.63, 3.8) is 0 Å². The van der Waals surface area contributed by atoms with Crippen LogP contribution < -0.4 is 4.74 Å². The van der Waals surface area contributed by atoms with Crippen LogP contribution in [0.15, 0.2) is 24.3 Å². The molecule has 3 nitrogen and oxygen atoms in total. The minimum Gasteiger partial charge on any atom is -0.494 e. The van der Waals surface area contributed by atoms with Gasteiger partial charge in [0.05, 0.1) is 19.3 Å². The van der Waals surface area contributed by atoms with E-state index < -0.39 is 0 Å². The first-order valence-electron chi connectivity index (χ1n) is 8.09. The van der Waals surface area contributed by atoms with E-state index in [4.69, 9.17) is 4.74 Å². The summed E-state index contributed by atoms with van der Waals surface area (Å²) in [6.45, 7) is 2.99. The summed E-state index contributed by atoms with van der Waals surface area (Å²) < 4.78 is 10.3. The molecule has 0 spiro atoms. The van der Waals surface area contributed by atoms with E-state index in [0.29, 0.717) is 5.56 Å². The Balaban J connectivity index is 2.06. The average molecular weight is 292 g/mol. The second-order valence-corrected chi connectivity index (χ2v) is 5.34. The molecule has 0 saturated heterocycles. The highest BCUT2D eigenvalue weighted by Crippen LogP contribution is 2.14. The summed E-state index contributed by atoms with van der Waals surface area (Å²) in [5.41, 5.74) is 0.553. The van der Waals surface area contributed by atoms with Gasteiger partial charge in [-0.2, -0.15) is 0 Å². The van der Waals surface area contributed by atoms with Gasteiger partial charge in [-0.3, -0.25) is 0 Å². The van der Waals surface area contributed by atoms with Crippen LogP contribution in [0.3, 0.4) is 0 Å². The molecule has 0 saturated carbocycles. The molecule has 0 amide bonds. The predicted molar refractivity (Wildman–Crippen MR) is 85.9 cm³/mol. The lowest BCUT2D eigenvalue weighted by Crippen LogP contribution is -2.01.